The van der Waals surface area contributed by atoms with Gasteiger partial charge in [-0.05, 0) is 65.6 Å². The van der Waals surface area contributed by atoms with Crippen molar-refractivity contribution in [1.82, 2.24) is 10.3 Å². The predicted octanol–water partition coefficient (Wildman–Crippen LogP) is 6.14. The van der Waals surface area contributed by atoms with Gasteiger partial charge in [0.25, 0.3) is 5.91 Å². The van der Waals surface area contributed by atoms with Gasteiger partial charge in [-0.2, -0.15) is 0 Å². The topological polar surface area (TPSA) is 74.4 Å². The molecule has 5 nitrogen and oxygen atoms in total. The Bertz CT molecular complexity index is 1610. The number of fused-ring (bicyclic) bond motifs is 3. The highest BCUT2D eigenvalue weighted by molar-refractivity contribution is 6.26. The van der Waals surface area contributed by atoms with E-state index in [1.165, 1.54) is 21.5 Å². The molecule has 0 fully saturated rings. The first-order chi connectivity index (χ1) is 18.5. The molecule has 0 saturated carbocycles. The number of nitrogens with one attached hydrogen (secondary N) is 2. The van der Waals surface area contributed by atoms with Crippen molar-refractivity contribution >= 4 is 38.4 Å². The van der Waals surface area contributed by atoms with Gasteiger partial charge in [-0.1, -0.05) is 66.6 Å². The van der Waals surface area contributed by atoms with Crippen LogP contribution in [0.5, 0.6) is 5.75 Å². The fourth-order valence-corrected chi connectivity index (χ4v) is 4.90. The van der Waals surface area contributed by atoms with Gasteiger partial charge in [0.15, 0.2) is 0 Å². The molecule has 7 aromatic rings. The van der Waals surface area contributed by atoms with E-state index in [-0.39, 0.29) is 18.6 Å². The molecule has 0 spiro atoms. The average molecular weight is 503 g/mol. The molecule has 38 heavy (non-hydrogen) atoms. The Morgan fingerprint density at radius 3 is 2.13 bits per heavy atom. The standard InChI is InChI=1S/C23H24N2O3.C10H6/c1-4-16-8-7-10-20(22(16)28-15(2)3)23(27)25-18(14-26)12-17-13-24-21-11-6-5-9-19(17)21;1-3-7-9-5-2-6-10(7)8(9)4-1/h1,5-11,13,15,18,24,26H,12,14H2,2-3H3,(H,25,27);1-6H/t18-;/m1./s1. The van der Waals surface area contributed by atoms with Gasteiger partial charge in [0.2, 0.25) is 0 Å². The lowest BCUT2D eigenvalue weighted by atomic mass is 9.92. The van der Waals surface area contributed by atoms with Gasteiger partial charge in [0.05, 0.1) is 29.9 Å². The maximum Gasteiger partial charge on any atom is 0.255 e. The second-order valence-electron chi connectivity index (χ2n) is 9.62. The first-order valence-electron chi connectivity index (χ1n) is 12.7. The van der Waals surface area contributed by atoms with E-state index in [1.54, 1.807) is 18.2 Å². The number of H-pyrrole nitrogens is 1. The Balaban J connectivity index is 0.000000240. The van der Waals surface area contributed by atoms with Crippen molar-refractivity contribution < 1.29 is 14.6 Å². The van der Waals surface area contributed by atoms with Crippen LogP contribution in [0.2, 0.25) is 0 Å². The number of hydrogen-bond donors (Lipinski definition) is 3. The lowest BCUT2D eigenvalue weighted by Crippen LogP contribution is -2.39. The summed E-state index contributed by atoms with van der Waals surface area (Å²) < 4.78 is 5.80. The molecule has 0 aliphatic heterocycles. The molecule has 190 valence electrons. The van der Waals surface area contributed by atoms with Crippen LogP contribution in [0.15, 0.2) is 85.1 Å². The number of carbonyl (C=O) groups excluding carboxylic acids is 1. The Labute approximate surface area is 222 Å². The number of aliphatic hydroxyl groups is 1. The third kappa shape index (κ3) is 4.87. The van der Waals surface area contributed by atoms with Gasteiger partial charge in [-0.3, -0.25) is 4.79 Å². The molecule has 0 unspecified atom stereocenters. The van der Waals surface area contributed by atoms with E-state index in [0.717, 1.165) is 16.5 Å². The van der Waals surface area contributed by atoms with Crippen molar-refractivity contribution in [3.05, 3.63) is 102 Å². The van der Waals surface area contributed by atoms with Crippen LogP contribution in [0.3, 0.4) is 0 Å². The van der Waals surface area contributed by atoms with Crippen LogP contribution in [0.1, 0.15) is 35.3 Å². The molecule has 7 rings (SSSR count). The molecular weight excluding hydrogens is 472 g/mol. The van der Waals surface area contributed by atoms with Crippen LogP contribution in [-0.2, 0) is 6.42 Å². The molecule has 6 aromatic carbocycles. The predicted molar refractivity (Wildman–Crippen MR) is 154 cm³/mol. The summed E-state index contributed by atoms with van der Waals surface area (Å²) in [6.07, 6.45) is 7.85. The van der Waals surface area contributed by atoms with Gasteiger partial charge in [-0.15, -0.1) is 6.42 Å². The lowest BCUT2D eigenvalue weighted by molar-refractivity contribution is 0.0910. The molecule has 1 amide bonds. The number of terminal acetylenes is 1. The van der Waals surface area contributed by atoms with Crippen molar-refractivity contribution in [2.45, 2.75) is 32.4 Å². The van der Waals surface area contributed by atoms with Crippen LogP contribution >= 0.6 is 0 Å². The monoisotopic (exact) mass is 502 g/mol. The summed E-state index contributed by atoms with van der Waals surface area (Å²) in [6.45, 7) is 3.57. The van der Waals surface area contributed by atoms with E-state index in [1.807, 2.05) is 44.3 Å². The molecule has 5 heteroatoms. The minimum Gasteiger partial charge on any atom is -0.489 e. The van der Waals surface area contributed by atoms with E-state index in [0.29, 0.717) is 23.3 Å². The minimum atomic E-state index is -0.437. The molecule has 0 aliphatic carbocycles. The fraction of sp³-hybridized carbons (Fsp3) is 0.182. The number of ether oxygens (including phenoxy) is 1. The van der Waals surface area contributed by atoms with Crippen LogP contribution in [0, 0.1) is 12.3 Å². The molecular formula is C33H30N2O3. The van der Waals surface area contributed by atoms with E-state index in [2.05, 4.69) is 52.6 Å². The highest BCUT2D eigenvalue weighted by atomic mass is 16.5. The van der Waals surface area contributed by atoms with Crippen LogP contribution in [0.4, 0.5) is 0 Å². The number of rotatable bonds is 7. The Kier molecular flexibility index (Phi) is 7.17. The van der Waals surface area contributed by atoms with Crippen LogP contribution in [0.25, 0.3) is 32.4 Å². The second kappa shape index (κ2) is 10.8. The molecule has 3 N–H and O–H groups in total. The van der Waals surface area contributed by atoms with E-state index in [4.69, 9.17) is 11.2 Å². The SMILES string of the molecule is C#Cc1cccc(C(=O)N[C@@H](CO)Cc2c[nH]c3ccccc23)c1OC(C)C.c1cc2c3cccc2c3c1. The van der Waals surface area contributed by atoms with Crippen molar-refractivity contribution in [3.63, 3.8) is 0 Å². The first kappa shape index (κ1) is 25.1. The molecule has 1 heterocycles. The first-order valence-corrected chi connectivity index (χ1v) is 12.7. The van der Waals surface area contributed by atoms with Crippen LogP contribution < -0.4 is 10.1 Å². The largest absolute Gasteiger partial charge is 0.489 e. The molecule has 1 aromatic heterocycles. The number of aromatic amines is 1. The summed E-state index contributed by atoms with van der Waals surface area (Å²) >= 11 is 0. The van der Waals surface area contributed by atoms with Crippen molar-refractivity contribution in [1.29, 1.82) is 0 Å². The van der Waals surface area contributed by atoms with Gasteiger partial charge >= 0.3 is 0 Å². The molecule has 0 radical (unpaired) electrons. The van der Waals surface area contributed by atoms with Crippen molar-refractivity contribution in [2.75, 3.05) is 6.61 Å². The zero-order chi connectivity index (χ0) is 26.6. The van der Waals surface area contributed by atoms with Crippen molar-refractivity contribution in [3.8, 4) is 18.1 Å². The summed E-state index contributed by atoms with van der Waals surface area (Å²) in [5.41, 5.74) is 2.95. The van der Waals surface area contributed by atoms with E-state index in [9.17, 15) is 9.90 Å². The summed E-state index contributed by atoms with van der Waals surface area (Å²) in [6, 6.07) is 25.6. The van der Waals surface area contributed by atoms with Crippen LogP contribution in [-0.4, -0.2) is 34.8 Å². The van der Waals surface area contributed by atoms with Gasteiger partial charge in [-0.25, -0.2) is 0 Å². The maximum absolute atomic E-state index is 12.9. The van der Waals surface area contributed by atoms with Gasteiger partial charge in [0, 0.05) is 17.1 Å². The second-order valence-corrected chi connectivity index (χ2v) is 9.62. The third-order valence-corrected chi connectivity index (χ3v) is 6.68. The lowest BCUT2D eigenvalue weighted by Gasteiger charge is -2.19. The number of aromatic nitrogens is 1. The summed E-state index contributed by atoms with van der Waals surface area (Å²) in [5.74, 6) is 2.62. The summed E-state index contributed by atoms with van der Waals surface area (Å²) in [7, 11) is 0. The van der Waals surface area contributed by atoms with E-state index >= 15 is 0 Å². The Hall–Kier alpha value is -4.53. The number of amides is 1. The normalized spacial score (nSPS) is 12.0. The number of benzene rings is 6. The number of para-hydroxylation sites is 2. The fourth-order valence-electron chi connectivity index (χ4n) is 4.90. The number of hydrogen-bond acceptors (Lipinski definition) is 3. The number of aliphatic hydroxyl groups excluding tert-OH is 1. The zero-order valence-corrected chi connectivity index (χ0v) is 21.5. The Morgan fingerprint density at radius 2 is 1.53 bits per heavy atom. The molecule has 0 aliphatic rings. The minimum absolute atomic E-state index is 0.124. The Morgan fingerprint density at radius 1 is 0.921 bits per heavy atom. The zero-order valence-electron chi connectivity index (χ0n) is 21.5. The molecule has 4 bridgehead atoms. The van der Waals surface area contributed by atoms with E-state index < -0.39 is 6.04 Å². The number of carbonyl (C=O) groups is 1. The average Bonchev–Trinajstić information content (AvgIpc) is 3.36. The smallest absolute Gasteiger partial charge is 0.255 e. The van der Waals surface area contributed by atoms with Gasteiger partial charge in [0.1, 0.15) is 5.75 Å². The molecule has 0 saturated heterocycles. The maximum atomic E-state index is 12.9. The third-order valence-electron chi connectivity index (χ3n) is 6.68. The van der Waals surface area contributed by atoms with Crippen molar-refractivity contribution in [2.24, 2.45) is 0 Å². The highest BCUT2D eigenvalue weighted by Crippen LogP contribution is 2.36. The summed E-state index contributed by atoms with van der Waals surface area (Å²) in [4.78, 5) is 16.1. The highest BCUT2D eigenvalue weighted by Gasteiger charge is 2.20. The van der Waals surface area contributed by atoms with Gasteiger partial charge < -0.3 is 20.1 Å². The molecule has 1 atom stereocenters. The summed E-state index contributed by atoms with van der Waals surface area (Å²) in [5, 5.41) is 19.5. The quantitative estimate of drug-likeness (QED) is 0.230.